The Bertz CT molecular complexity index is 442. The molecule has 19 heavy (non-hydrogen) atoms. The van der Waals surface area contributed by atoms with Crippen LogP contribution in [0.5, 0.6) is 0 Å². The van der Waals surface area contributed by atoms with Gasteiger partial charge in [0.1, 0.15) is 6.04 Å². The number of primary amides is 1. The minimum atomic E-state index is -0.879. The lowest BCUT2D eigenvalue weighted by Crippen LogP contribution is -2.39. The summed E-state index contributed by atoms with van der Waals surface area (Å²) in [6.45, 7) is 7.30. The molecule has 106 valence electrons. The maximum atomic E-state index is 11.6. The summed E-state index contributed by atoms with van der Waals surface area (Å²) >= 11 is 0. The molecule has 0 saturated carbocycles. The maximum Gasteiger partial charge on any atom is 0.318 e. The van der Waals surface area contributed by atoms with Gasteiger partial charge in [0.05, 0.1) is 11.9 Å². The first-order chi connectivity index (χ1) is 8.90. The van der Waals surface area contributed by atoms with Gasteiger partial charge in [-0.3, -0.25) is 10.1 Å². The average Bonchev–Trinajstić information content (AvgIpc) is 2.75. The summed E-state index contributed by atoms with van der Waals surface area (Å²) in [7, 11) is 0. The summed E-state index contributed by atoms with van der Waals surface area (Å²) in [5.74, 6) is 0.0365. The molecule has 1 aromatic rings. The van der Waals surface area contributed by atoms with E-state index >= 15 is 0 Å². The highest BCUT2D eigenvalue weighted by atomic mass is 16.2. The van der Waals surface area contributed by atoms with Crippen molar-refractivity contribution in [2.75, 3.05) is 6.54 Å². The second kappa shape index (κ2) is 6.83. The Morgan fingerprint density at radius 3 is 2.68 bits per heavy atom. The van der Waals surface area contributed by atoms with Crippen molar-refractivity contribution in [1.82, 2.24) is 25.6 Å². The Labute approximate surface area is 111 Å². The van der Waals surface area contributed by atoms with E-state index in [2.05, 4.69) is 29.5 Å². The van der Waals surface area contributed by atoms with Gasteiger partial charge in [-0.15, -0.1) is 5.10 Å². The molecule has 0 bridgehead atoms. The number of nitrogens with one attached hydrogen (secondary N) is 2. The largest absolute Gasteiger partial charge is 0.351 e. The SMILES string of the molecule is CC(C)CNCc1cn(C(C)C(=O)NC(N)=O)nn1. The van der Waals surface area contributed by atoms with Crippen LogP contribution in [-0.2, 0) is 11.3 Å². The van der Waals surface area contributed by atoms with Crippen LogP contribution in [0.2, 0.25) is 0 Å². The first kappa shape index (κ1) is 15.1. The molecule has 3 amide bonds. The number of rotatable bonds is 6. The molecule has 0 aromatic carbocycles. The van der Waals surface area contributed by atoms with Crippen LogP contribution in [0.25, 0.3) is 0 Å². The van der Waals surface area contributed by atoms with Gasteiger partial charge in [0, 0.05) is 6.54 Å². The smallest absolute Gasteiger partial charge is 0.318 e. The minimum Gasteiger partial charge on any atom is -0.351 e. The normalized spacial score (nSPS) is 12.4. The van der Waals surface area contributed by atoms with Gasteiger partial charge >= 0.3 is 6.03 Å². The summed E-state index contributed by atoms with van der Waals surface area (Å²) in [6, 6.07) is -1.52. The summed E-state index contributed by atoms with van der Waals surface area (Å²) in [5, 5.41) is 13.0. The van der Waals surface area contributed by atoms with Gasteiger partial charge in [-0.1, -0.05) is 19.1 Å². The molecule has 1 unspecified atom stereocenters. The molecule has 1 atom stereocenters. The lowest BCUT2D eigenvalue weighted by molar-refractivity contribution is -0.123. The topological polar surface area (TPSA) is 115 Å². The van der Waals surface area contributed by atoms with Gasteiger partial charge in [-0.25, -0.2) is 9.48 Å². The fourth-order valence-corrected chi connectivity index (χ4v) is 1.42. The highest BCUT2D eigenvalue weighted by Gasteiger charge is 2.17. The lowest BCUT2D eigenvalue weighted by atomic mass is 10.2. The monoisotopic (exact) mass is 268 g/mol. The van der Waals surface area contributed by atoms with Crippen LogP contribution in [0.4, 0.5) is 4.79 Å². The van der Waals surface area contributed by atoms with Gasteiger partial charge in [-0.05, 0) is 19.4 Å². The molecule has 0 aliphatic heterocycles. The van der Waals surface area contributed by atoms with Crippen molar-refractivity contribution < 1.29 is 9.59 Å². The third kappa shape index (κ3) is 5.04. The molecule has 0 spiro atoms. The fraction of sp³-hybridized carbons (Fsp3) is 0.636. The van der Waals surface area contributed by atoms with Crippen LogP contribution in [0.1, 0.15) is 32.5 Å². The number of carbonyl (C=O) groups excluding carboxylic acids is 2. The van der Waals surface area contributed by atoms with E-state index in [1.165, 1.54) is 4.68 Å². The summed E-state index contributed by atoms with van der Waals surface area (Å²) < 4.78 is 1.39. The second-order valence-electron chi connectivity index (χ2n) is 4.74. The molecule has 0 saturated heterocycles. The highest BCUT2D eigenvalue weighted by Crippen LogP contribution is 2.04. The third-order valence-corrected chi connectivity index (χ3v) is 2.44. The van der Waals surface area contributed by atoms with Crippen molar-refractivity contribution in [3.8, 4) is 0 Å². The third-order valence-electron chi connectivity index (χ3n) is 2.44. The summed E-state index contributed by atoms with van der Waals surface area (Å²) in [5.41, 5.74) is 5.62. The first-order valence-corrected chi connectivity index (χ1v) is 6.12. The molecule has 8 nitrogen and oxygen atoms in total. The number of hydrogen-bond acceptors (Lipinski definition) is 5. The molecule has 1 rings (SSSR count). The van der Waals surface area contributed by atoms with E-state index < -0.39 is 18.0 Å². The average molecular weight is 268 g/mol. The molecule has 0 aliphatic carbocycles. The molecule has 1 aromatic heterocycles. The molecule has 8 heteroatoms. The number of urea groups is 1. The van der Waals surface area contributed by atoms with Crippen LogP contribution < -0.4 is 16.4 Å². The Balaban J connectivity index is 2.53. The lowest BCUT2D eigenvalue weighted by Gasteiger charge is -2.09. The van der Waals surface area contributed by atoms with Crippen LogP contribution >= 0.6 is 0 Å². The number of aromatic nitrogens is 3. The van der Waals surface area contributed by atoms with E-state index in [0.717, 1.165) is 12.2 Å². The van der Waals surface area contributed by atoms with Gasteiger partial charge in [0.25, 0.3) is 5.91 Å². The number of imide groups is 1. The number of nitrogens with two attached hydrogens (primary N) is 1. The van der Waals surface area contributed by atoms with Crippen molar-refractivity contribution in [3.63, 3.8) is 0 Å². The van der Waals surface area contributed by atoms with Gasteiger partial charge < -0.3 is 11.1 Å². The van der Waals surface area contributed by atoms with Crippen LogP contribution in [0, 0.1) is 5.92 Å². The van der Waals surface area contributed by atoms with Crippen LogP contribution in [0.3, 0.4) is 0 Å². The van der Waals surface area contributed by atoms with Gasteiger partial charge in [0.2, 0.25) is 0 Å². The van der Waals surface area contributed by atoms with Gasteiger partial charge in [0.15, 0.2) is 0 Å². The molecular weight excluding hydrogens is 248 g/mol. The predicted octanol–water partition coefficient (Wildman–Crippen LogP) is -0.220. The quantitative estimate of drug-likeness (QED) is 0.659. The second-order valence-corrected chi connectivity index (χ2v) is 4.74. The standard InChI is InChI=1S/C11H20N6O2/c1-7(2)4-13-5-9-6-17(16-15-9)8(3)10(18)14-11(12)19/h6-8,13H,4-5H2,1-3H3,(H3,12,14,18,19). The minimum absolute atomic E-state index is 0.515. The molecule has 4 N–H and O–H groups in total. The van der Waals surface area contributed by atoms with E-state index in [1.807, 2.05) is 5.32 Å². The molecular formula is C11H20N6O2. The molecule has 0 aliphatic rings. The van der Waals surface area contributed by atoms with Crippen molar-refractivity contribution in [2.45, 2.75) is 33.4 Å². The molecule has 0 fully saturated rings. The van der Waals surface area contributed by atoms with Crippen molar-refractivity contribution in [2.24, 2.45) is 11.7 Å². The molecule has 1 heterocycles. The fourth-order valence-electron chi connectivity index (χ4n) is 1.42. The van der Waals surface area contributed by atoms with Crippen molar-refractivity contribution >= 4 is 11.9 Å². The number of carbonyl (C=O) groups is 2. The maximum absolute atomic E-state index is 11.6. The molecule has 0 radical (unpaired) electrons. The first-order valence-electron chi connectivity index (χ1n) is 6.12. The Kier molecular flexibility index (Phi) is 5.43. The summed E-state index contributed by atoms with van der Waals surface area (Å²) in [4.78, 5) is 22.1. The Morgan fingerprint density at radius 2 is 2.11 bits per heavy atom. The predicted molar refractivity (Wildman–Crippen MR) is 69.0 cm³/mol. The number of hydrogen-bond donors (Lipinski definition) is 3. The van der Waals surface area contributed by atoms with E-state index in [0.29, 0.717) is 12.5 Å². The van der Waals surface area contributed by atoms with Gasteiger partial charge in [-0.2, -0.15) is 0 Å². The Hall–Kier alpha value is -1.96. The van der Waals surface area contributed by atoms with Crippen molar-refractivity contribution in [1.29, 1.82) is 0 Å². The van der Waals surface area contributed by atoms with E-state index in [1.54, 1.807) is 13.1 Å². The number of nitrogens with zero attached hydrogens (tertiary/aromatic N) is 3. The number of amides is 3. The van der Waals surface area contributed by atoms with Crippen LogP contribution in [-0.4, -0.2) is 33.5 Å². The zero-order valence-corrected chi connectivity index (χ0v) is 11.4. The van der Waals surface area contributed by atoms with Crippen LogP contribution in [0.15, 0.2) is 6.20 Å². The highest BCUT2D eigenvalue weighted by molar-refractivity contribution is 5.95. The zero-order chi connectivity index (χ0) is 14.4. The zero-order valence-electron chi connectivity index (χ0n) is 11.4. The van der Waals surface area contributed by atoms with E-state index in [-0.39, 0.29) is 0 Å². The Morgan fingerprint density at radius 1 is 1.42 bits per heavy atom. The van der Waals surface area contributed by atoms with E-state index in [4.69, 9.17) is 5.73 Å². The summed E-state index contributed by atoms with van der Waals surface area (Å²) in [6.07, 6.45) is 1.67. The van der Waals surface area contributed by atoms with Crippen molar-refractivity contribution in [3.05, 3.63) is 11.9 Å². The van der Waals surface area contributed by atoms with E-state index in [9.17, 15) is 9.59 Å².